The number of rotatable bonds is 3. The average Bonchev–Trinajstić information content (AvgIpc) is 2.94. The summed E-state index contributed by atoms with van der Waals surface area (Å²) in [5, 5.41) is 10.6. The summed E-state index contributed by atoms with van der Waals surface area (Å²) in [5.41, 5.74) is 2.38. The van der Waals surface area contributed by atoms with Crippen LogP contribution in [0.5, 0.6) is 0 Å². The molecule has 2 heterocycles. The van der Waals surface area contributed by atoms with Gasteiger partial charge in [0.2, 0.25) is 0 Å². The zero-order valence-corrected chi connectivity index (χ0v) is 11.1. The van der Waals surface area contributed by atoms with Crippen LogP contribution in [0.4, 0.5) is 0 Å². The highest BCUT2D eigenvalue weighted by molar-refractivity contribution is 7.49. The molecule has 6 heteroatoms. The highest BCUT2D eigenvalue weighted by atomic mass is 32.2. The monoisotopic (exact) mass is 265 g/mol. The third kappa shape index (κ3) is 2.06. The molecule has 0 fully saturated rings. The molecule has 1 N–H and O–H groups in total. The zero-order chi connectivity index (χ0) is 13.3. The fraction of sp³-hybridized carbons (Fsp3) is 0.250. The van der Waals surface area contributed by atoms with Crippen LogP contribution in [0.15, 0.2) is 16.8 Å². The molecule has 0 radical (unpaired) electrons. The average molecular weight is 265 g/mol. The Labute approximate surface area is 107 Å². The Bertz CT molecular complexity index is 613. The second kappa shape index (κ2) is 4.73. The van der Waals surface area contributed by atoms with Gasteiger partial charge in [-0.05, 0) is 6.92 Å². The molecule has 0 aliphatic rings. The normalized spacial score (nSPS) is 11.4. The quantitative estimate of drug-likeness (QED) is 0.684. The summed E-state index contributed by atoms with van der Waals surface area (Å²) in [6, 6.07) is 1.81. The Hall–Kier alpha value is -1.95. The number of thiophene rings is 1. The van der Waals surface area contributed by atoms with Crippen LogP contribution in [-0.2, 0) is 4.74 Å². The SMILES string of the molecule is COC(=O)c1c(-c2cc[s+](C(C)=O)c2)n[nH]c1C. The van der Waals surface area contributed by atoms with Crippen LogP contribution in [0.1, 0.15) is 27.8 Å². The first-order chi connectivity index (χ1) is 8.54. The maximum absolute atomic E-state index is 11.7. The number of carbonyl (C=O) groups is 2. The van der Waals surface area contributed by atoms with E-state index in [1.807, 2.05) is 16.8 Å². The van der Waals surface area contributed by atoms with Crippen molar-refractivity contribution in [2.45, 2.75) is 13.8 Å². The van der Waals surface area contributed by atoms with E-state index in [1.54, 1.807) is 13.8 Å². The van der Waals surface area contributed by atoms with E-state index in [2.05, 4.69) is 10.2 Å². The van der Waals surface area contributed by atoms with Gasteiger partial charge < -0.3 is 4.74 Å². The molecule has 18 heavy (non-hydrogen) atoms. The predicted octanol–water partition coefficient (Wildman–Crippen LogP) is 2.58. The van der Waals surface area contributed by atoms with E-state index < -0.39 is 16.4 Å². The Morgan fingerprint density at radius 1 is 1.44 bits per heavy atom. The number of nitrogens with one attached hydrogen (secondary N) is 1. The first kappa shape index (κ1) is 12.5. The third-order valence-corrected chi connectivity index (χ3v) is 4.19. The minimum Gasteiger partial charge on any atom is -0.465 e. The van der Waals surface area contributed by atoms with E-state index in [9.17, 15) is 9.59 Å². The Morgan fingerprint density at radius 2 is 2.17 bits per heavy atom. The summed E-state index contributed by atoms with van der Waals surface area (Å²) in [7, 11) is 0.820. The molecule has 0 bridgehead atoms. The van der Waals surface area contributed by atoms with E-state index in [0.717, 1.165) is 5.56 Å². The van der Waals surface area contributed by atoms with Gasteiger partial charge in [0, 0.05) is 11.8 Å². The molecule has 1 unspecified atom stereocenters. The van der Waals surface area contributed by atoms with Crippen molar-refractivity contribution in [1.82, 2.24) is 10.2 Å². The van der Waals surface area contributed by atoms with Crippen LogP contribution >= 0.6 is 10.5 Å². The zero-order valence-electron chi connectivity index (χ0n) is 10.3. The minimum absolute atomic E-state index is 0.0909. The summed E-state index contributed by atoms with van der Waals surface area (Å²) >= 11 is 0. The van der Waals surface area contributed by atoms with Gasteiger partial charge in [-0.15, -0.1) is 0 Å². The smallest absolute Gasteiger partial charge is 0.352 e. The van der Waals surface area contributed by atoms with Gasteiger partial charge in [-0.3, -0.25) is 5.10 Å². The molecule has 0 saturated carbocycles. The van der Waals surface area contributed by atoms with Crippen LogP contribution < -0.4 is 0 Å². The van der Waals surface area contributed by atoms with Gasteiger partial charge in [-0.1, -0.05) is 0 Å². The van der Waals surface area contributed by atoms with E-state index in [4.69, 9.17) is 4.74 Å². The molecule has 2 rings (SSSR count). The number of carbonyl (C=O) groups excluding carboxylic acids is 2. The topological polar surface area (TPSA) is 72.1 Å². The summed E-state index contributed by atoms with van der Waals surface area (Å²) in [5.74, 6) is -0.430. The summed E-state index contributed by atoms with van der Waals surface area (Å²) in [6.07, 6.45) is 0. The van der Waals surface area contributed by atoms with Gasteiger partial charge in [0.1, 0.15) is 16.6 Å². The number of aryl methyl sites for hydroxylation is 1. The highest BCUT2D eigenvalue weighted by Gasteiger charge is 2.23. The lowest BCUT2D eigenvalue weighted by Gasteiger charge is -1.98. The van der Waals surface area contributed by atoms with Crippen LogP contribution in [0.25, 0.3) is 11.3 Å². The standard InChI is InChI=1S/C12H12N2O3S/c1-7-10(12(16)17-3)11(14-13-7)9-4-5-18(6-9)8(2)15/h4-6H,1-3H3/p+1. The lowest BCUT2D eigenvalue weighted by Crippen LogP contribution is -2.03. The number of aromatic amines is 1. The van der Waals surface area contributed by atoms with Crippen molar-refractivity contribution in [3.63, 3.8) is 0 Å². The molecule has 94 valence electrons. The van der Waals surface area contributed by atoms with Gasteiger partial charge in [-0.2, -0.15) is 5.10 Å². The van der Waals surface area contributed by atoms with E-state index in [1.165, 1.54) is 7.11 Å². The largest absolute Gasteiger partial charge is 0.465 e. The number of aromatic nitrogens is 2. The number of hydrogen-bond acceptors (Lipinski definition) is 4. The molecule has 5 nitrogen and oxygen atoms in total. The number of nitrogens with zero attached hydrogens (tertiary/aromatic N) is 1. The summed E-state index contributed by atoms with van der Waals surface area (Å²) in [4.78, 5) is 23.0. The number of methoxy groups -OCH3 is 1. The Kier molecular flexibility index (Phi) is 3.29. The summed E-state index contributed by atoms with van der Waals surface area (Å²) in [6.45, 7) is 3.30. The van der Waals surface area contributed by atoms with Crippen molar-refractivity contribution in [3.05, 3.63) is 28.1 Å². The maximum Gasteiger partial charge on any atom is 0.352 e. The fourth-order valence-electron chi connectivity index (χ4n) is 1.67. The minimum atomic E-state index is -0.511. The molecule has 0 aromatic carbocycles. The molecule has 0 aliphatic carbocycles. The Balaban J connectivity index is 2.50. The molecule has 0 saturated heterocycles. The van der Waals surface area contributed by atoms with Crippen molar-refractivity contribution in [2.75, 3.05) is 7.11 Å². The number of hydrogen-bond donors (Lipinski definition) is 1. The van der Waals surface area contributed by atoms with Gasteiger partial charge in [0.05, 0.1) is 30.1 Å². The van der Waals surface area contributed by atoms with Gasteiger partial charge in [-0.25, -0.2) is 9.59 Å². The summed E-state index contributed by atoms with van der Waals surface area (Å²) < 4.78 is 4.74. The van der Waals surface area contributed by atoms with Crippen LogP contribution in [-0.4, -0.2) is 28.4 Å². The predicted molar refractivity (Wildman–Crippen MR) is 68.9 cm³/mol. The van der Waals surface area contributed by atoms with Crippen molar-refractivity contribution in [2.24, 2.45) is 0 Å². The van der Waals surface area contributed by atoms with Crippen LogP contribution in [0.3, 0.4) is 0 Å². The van der Waals surface area contributed by atoms with E-state index in [0.29, 0.717) is 17.0 Å². The van der Waals surface area contributed by atoms with Crippen LogP contribution in [0, 0.1) is 6.92 Å². The lowest BCUT2D eigenvalue weighted by atomic mass is 10.1. The molecular formula is C12H13N2O3S+. The molecule has 0 aliphatic heterocycles. The molecule has 2 aromatic rings. The molecule has 1 atom stereocenters. The molecular weight excluding hydrogens is 252 g/mol. The first-order valence-electron chi connectivity index (χ1n) is 5.30. The fourth-order valence-corrected chi connectivity index (χ4v) is 2.86. The van der Waals surface area contributed by atoms with E-state index >= 15 is 0 Å². The van der Waals surface area contributed by atoms with Gasteiger partial charge >= 0.3 is 11.1 Å². The van der Waals surface area contributed by atoms with Gasteiger partial charge in [0.25, 0.3) is 0 Å². The van der Waals surface area contributed by atoms with Crippen LogP contribution in [0.2, 0.25) is 0 Å². The third-order valence-electron chi connectivity index (χ3n) is 2.59. The molecule has 0 amide bonds. The lowest BCUT2D eigenvalue weighted by molar-refractivity contribution is 0.0600. The van der Waals surface area contributed by atoms with Crippen molar-refractivity contribution in [3.8, 4) is 11.3 Å². The van der Waals surface area contributed by atoms with Crippen molar-refractivity contribution >= 4 is 21.6 Å². The number of esters is 1. The number of H-pyrrole nitrogens is 1. The van der Waals surface area contributed by atoms with Crippen molar-refractivity contribution < 1.29 is 14.3 Å². The second-order valence-electron chi connectivity index (χ2n) is 3.80. The number of ether oxygens (including phenoxy) is 1. The first-order valence-corrected chi connectivity index (χ1v) is 6.66. The van der Waals surface area contributed by atoms with E-state index in [-0.39, 0.29) is 5.12 Å². The van der Waals surface area contributed by atoms with Crippen molar-refractivity contribution in [1.29, 1.82) is 0 Å². The highest BCUT2D eigenvalue weighted by Crippen LogP contribution is 2.31. The Morgan fingerprint density at radius 3 is 2.72 bits per heavy atom. The molecule has 2 aromatic heterocycles. The van der Waals surface area contributed by atoms with Gasteiger partial charge in [0.15, 0.2) is 5.38 Å². The maximum atomic E-state index is 11.7. The second-order valence-corrected chi connectivity index (χ2v) is 5.63. The molecule has 0 spiro atoms.